The minimum atomic E-state index is -0.109. The number of carbonyl (C=O) groups excluding carboxylic acids is 1. The summed E-state index contributed by atoms with van der Waals surface area (Å²) in [6.07, 6.45) is 6.58. The molecule has 1 unspecified atom stereocenters. The molecule has 1 fully saturated rings. The van der Waals surface area contributed by atoms with Crippen LogP contribution in [0.2, 0.25) is 0 Å². The van der Waals surface area contributed by atoms with E-state index in [-0.39, 0.29) is 11.9 Å². The van der Waals surface area contributed by atoms with Crippen molar-refractivity contribution in [3.63, 3.8) is 0 Å². The Labute approximate surface area is 120 Å². The van der Waals surface area contributed by atoms with Crippen molar-refractivity contribution in [2.24, 2.45) is 11.7 Å². The molecule has 1 atom stereocenters. The molecule has 0 aliphatic heterocycles. The molecule has 3 N–H and O–H groups in total. The van der Waals surface area contributed by atoms with Gasteiger partial charge in [0.05, 0.1) is 6.54 Å². The molecule has 0 radical (unpaired) electrons. The second-order valence-corrected chi connectivity index (χ2v) is 5.24. The summed E-state index contributed by atoms with van der Waals surface area (Å²) in [7, 11) is 0. The minimum absolute atomic E-state index is 0.109. The lowest BCUT2D eigenvalue weighted by molar-refractivity contribution is 0.0922. The first-order valence-electron chi connectivity index (χ1n) is 7.16. The van der Waals surface area contributed by atoms with Crippen molar-refractivity contribution in [3.05, 3.63) is 29.6 Å². The van der Waals surface area contributed by atoms with E-state index in [2.05, 4.69) is 29.1 Å². The zero-order valence-corrected chi connectivity index (χ0v) is 11.9. The van der Waals surface area contributed by atoms with Crippen molar-refractivity contribution >= 4 is 5.91 Å². The highest BCUT2D eigenvalue weighted by Gasteiger charge is 2.23. The Hall–Kier alpha value is -1.86. The Kier molecular flexibility index (Phi) is 5.14. The predicted molar refractivity (Wildman–Crippen MR) is 79.1 cm³/mol. The molecule has 4 nitrogen and oxygen atoms in total. The first kappa shape index (κ1) is 14.5. The van der Waals surface area contributed by atoms with Crippen molar-refractivity contribution in [1.82, 2.24) is 10.3 Å². The third-order valence-corrected chi connectivity index (χ3v) is 3.80. The maximum atomic E-state index is 12.1. The number of nitrogens with one attached hydrogen (secondary N) is 1. The molecule has 106 valence electrons. The highest BCUT2D eigenvalue weighted by molar-refractivity contribution is 5.92. The van der Waals surface area contributed by atoms with Gasteiger partial charge in [-0.3, -0.25) is 4.79 Å². The fraction of sp³-hybridized carbons (Fsp3) is 0.500. The van der Waals surface area contributed by atoms with Crippen LogP contribution in [0.25, 0.3) is 0 Å². The lowest BCUT2D eigenvalue weighted by atomic mass is 10.00. The number of nitrogens with zero attached hydrogens (tertiary/aromatic N) is 1. The Morgan fingerprint density at radius 3 is 2.85 bits per heavy atom. The van der Waals surface area contributed by atoms with Gasteiger partial charge >= 0.3 is 0 Å². The Balaban J connectivity index is 1.94. The van der Waals surface area contributed by atoms with Crippen LogP contribution in [0.4, 0.5) is 0 Å². The van der Waals surface area contributed by atoms with Gasteiger partial charge in [-0.2, -0.15) is 0 Å². The van der Waals surface area contributed by atoms with Gasteiger partial charge in [0, 0.05) is 17.8 Å². The van der Waals surface area contributed by atoms with E-state index in [4.69, 9.17) is 5.73 Å². The van der Waals surface area contributed by atoms with Gasteiger partial charge in [-0.15, -0.1) is 0 Å². The fourth-order valence-electron chi connectivity index (χ4n) is 2.61. The molecule has 1 aromatic rings. The highest BCUT2D eigenvalue weighted by atomic mass is 16.1. The topological polar surface area (TPSA) is 68.0 Å². The van der Waals surface area contributed by atoms with E-state index >= 15 is 0 Å². The van der Waals surface area contributed by atoms with Gasteiger partial charge < -0.3 is 11.1 Å². The first-order chi connectivity index (χ1) is 9.70. The predicted octanol–water partition coefficient (Wildman–Crippen LogP) is 1.70. The second kappa shape index (κ2) is 7.06. The van der Waals surface area contributed by atoms with Gasteiger partial charge in [-0.1, -0.05) is 24.7 Å². The zero-order valence-electron chi connectivity index (χ0n) is 11.9. The van der Waals surface area contributed by atoms with E-state index in [1.807, 2.05) is 0 Å². The van der Waals surface area contributed by atoms with Crippen LogP contribution in [0.5, 0.6) is 0 Å². The van der Waals surface area contributed by atoms with E-state index < -0.39 is 0 Å². The molecule has 20 heavy (non-hydrogen) atoms. The van der Waals surface area contributed by atoms with Crippen LogP contribution in [-0.4, -0.2) is 23.5 Å². The van der Waals surface area contributed by atoms with Crippen LogP contribution < -0.4 is 11.1 Å². The second-order valence-electron chi connectivity index (χ2n) is 5.24. The van der Waals surface area contributed by atoms with Gasteiger partial charge in [-0.05, 0) is 37.8 Å². The van der Waals surface area contributed by atoms with E-state index in [0.717, 1.165) is 5.56 Å². The summed E-state index contributed by atoms with van der Waals surface area (Å²) < 4.78 is 0. The average Bonchev–Trinajstić information content (AvgIpc) is 3.00. The zero-order chi connectivity index (χ0) is 14.4. The highest BCUT2D eigenvalue weighted by Crippen LogP contribution is 2.27. The number of nitrogens with two attached hydrogens (primary N) is 1. The molecular weight excluding hydrogens is 250 g/mol. The van der Waals surface area contributed by atoms with Crippen LogP contribution in [0.15, 0.2) is 18.3 Å². The summed E-state index contributed by atoms with van der Waals surface area (Å²) in [4.78, 5) is 16.3. The van der Waals surface area contributed by atoms with Crippen molar-refractivity contribution < 1.29 is 4.79 Å². The van der Waals surface area contributed by atoms with Crippen molar-refractivity contribution in [3.8, 4) is 11.8 Å². The van der Waals surface area contributed by atoms with Crippen LogP contribution in [-0.2, 0) is 0 Å². The summed E-state index contributed by atoms with van der Waals surface area (Å²) in [5, 5.41) is 3.04. The number of aromatic nitrogens is 1. The molecule has 1 aliphatic rings. The monoisotopic (exact) mass is 271 g/mol. The SMILES string of the molecule is CC(NC(=O)c1ccc(C#CCN)cn1)C1CCCC1. The molecule has 0 bridgehead atoms. The summed E-state index contributed by atoms with van der Waals surface area (Å²) in [5.74, 6) is 6.14. The van der Waals surface area contributed by atoms with Gasteiger partial charge in [0.2, 0.25) is 0 Å². The number of pyridine rings is 1. The van der Waals surface area contributed by atoms with Gasteiger partial charge in [0.1, 0.15) is 5.69 Å². The summed E-state index contributed by atoms with van der Waals surface area (Å²) in [5.41, 5.74) is 6.52. The molecule has 4 heteroatoms. The van der Waals surface area contributed by atoms with Gasteiger partial charge in [0.25, 0.3) is 5.91 Å². The van der Waals surface area contributed by atoms with Crippen molar-refractivity contribution in [1.29, 1.82) is 0 Å². The molecule has 2 rings (SSSR count). The van der Waals surface area contributed by atoms with E-state index in [1.165, 1.54) is 25.7 Å². The summed E-state index contributed by atoms with van der Waals surface area (Å²) in [6, 6.07) is 3.71. The fourth-order valence-corrected chi connectivity index (χ4v) is 2.61. The maximum absolute atomic E-state index is 12.1. The normalized spacial score (nSPS) is 16.3. The van der Waals surface area contributed by atoms with Crippen LogP contribution in [0, 0.1) is 17.8 Å². The maximum Gasteiger partial charge on any atom is 0.270 e. The number of carbonyl (C=O) groups is 1. The van der Waals surface area contributed by atoms with Gasteiger partial charge in [0.15, 0.2) is 0 Å². The van der Waals surface area contributed by atoms with Crippen molar-refractivity contribution in [2.45, 2.75) is 38.6 Å². The Morgan fingerprint density at radius 1 is 1.50 bits per heavy atom. The molecule has 1 aromatic heterocycles. The van der Waals surface area contributed by atoms with Crippen LogP contribution in [0.1, 0.15) is 48.7 Å². The third kappa shape index (κ3) is 3.82. The molecule has 0 spiro atoms. The van der Waals surface area contributed by atoms with Crippen molar-refractivity contribution in [2.75, 3.05) is 6.54 Å². The average molecular weight is 271 g/mol. The van der Waals surface area contributed by atoms with Gasteiger partial charge in [-0.25, -0.2) is 4.98 Å². The lowest BCUT2D eigenvalue weighted by Crippen LogP contribution is -2.37. The quantitative estimate of drug-likeness (QED) is 0.822. The molecule has 1 heterocycles. The molecule has 0 saturated heterocycles. The molecule has 1 aliphatic carbocycles. The molecule has 1 saturated carbocycles. The summed E-state index contributed by atoms with van der Waals surface area (Å²) >= 11 is 0. The lowest BCUT2D eigenvalue weighted by Gasteiger charge is -2.20. The number of hydrogen-bond acceptors (Lipinski definition) is 3. The summed E-state index contributed by atoms with van der Waals surface area (Å²) in [6.45, 7) is 2.40. The molecular formula is C16H21N3O. The third-order valence-electron chi connectivity index (χ3n) is 3.80. The number of hydrogen-bond donors (Lipinski definition) is 2. The van der Waals surface area contributed by atoms with E-state index in [9.17, 15) is 4.79 Å². The van der Waals surface area contributed by atoms with E-state index in [0.29, 0.717) is 18.2 Å². The first-order valence-corrected chi connectivity index (χ1v) is 7.16. The molecule has 0 aromatic carbocycles. The van der Waals surface area contributed by atoms with Crippen LogP contribution >= 0.6 is 0 Å². The number of rotatable bonds is 3. The Morgan fingerprint density at radius 2 is 2.25 bits per heavy atom. The largest absolute Gasteiger partial charge is 0.348 e. The Bertz CT molecular complexity index is 507. The smallest absolute Gasteiger partial charge is 0.270 e. The molecule has 1 amide bonds. The standard InChI is InChI=1S/C16H21N3O/c1-12(14-6-2-3-7-14)19-16(20)15-9-8-13(11-18-15)5-4-10-17/h8-9,11-12,14H,2-3,6-7,10,17H2,1H3,(H,19,20). The van der Waals surface area contributed by atoms with Crippen LogP contribution in [0.3, 0.4) is 0 Å². The van der Waals surface area contributed by atoms with E-state index in [1.54, 1.807) is 18.3 Å². The minimum Gasteiger partial charge on any atom is -0.348 e. The number of amides is 1.